The predicted molar refractivity (Wildman–Crippen MR) is 143 cm³/mol. The summed E-state index contributed by atoms with van der Waals surface area (Å²) >= 11 is 0. The lowest BCUT2D eigenvalue weighted by atomic mass is 10.0. The van der Waals surface area contributed by atoms with Gasteiger partial charge in [-0.2, -0.15) is 13.2 Å². The van der Waals surface area contributed by atoms with Crippen LogP contribution in [0.4, 0.5) is 13.2 Å². The maximum atomic E-state index is 14.1. The molecule has 0 aliphatic carbocycles. The van der Waals surface area contributed by atoms with Crippen LogP contribution in [0.2, 0.25) is 0 Å². The maximum Gasteiger partial charge on any atom is 0.431 e. The number of hydrogen-bond donors (Lipinski definition) is 0. The Morgan fingerprint density at radius 3 is 1.95 bits per heavy atom. The van der Waals surface area contributed by atoms with E-state index in [1.54, 1.807) is 6.92 Å². The van der Waals surface area contributed by atoms with Crippen molar-refractivity contribution in [3.63, 3.8) is 0 Å². The van der Waals surface area contributed by atoms with Crippen molar-refractivity contribution < 1.29 is 22.7 Å². The van der Waals surface area contributed by atoms with Crippen molar-refractivity contribution in [3.05, 3.63) is 71.4 Å². The lowest BCUT2D eigenvalue weighted by Gasteiger charge is -2.14. The molecule has 0 bridgehead atoms. The zero-order valence-corrected chi connectivity index (χ0v) is 21.9. The predicted octanol–water partition coefficient (Wildman–Crippen LogP) is 7.91. The Balaban J connectivity index is 1.70. The molecule has 5 nitrogen and oxygen atoms in total. The number of aryl methyl sites for hydroxylation is 3. The van der Waals surface area contributed by atoms with Crippen LogP contribution in [-0.4, -0.2) is 27.1 Å². The van der Waals surface area contributed by atoms with Gasteiger partial charge >= 0.3 is 12.1 Å². The van der Waals surface area contributed by atoms with Gasteiger partial charge in [-0.1, -0.05) is 72.5 Å². The van der Waals surface area contributed by atoms with Gasteiger partial charge in [0.05, 0.1) is 18.0 Å². The molecule has 4 rings (SSSR count). The number of alkyl halides is 3. The highest BCUT2D eigenvalue weighted by Gasteiger charge is 2.36. The third-order valence-electron chi connectivity index (χ3n) is 6.48. The van der Waals surface area contributed by atoms with Gasteiger partial charge in [-0.15, -0.1) is 0 Å². The normalized spacial score (nSPS) is 11.7. The van der Waals surface area contributed by atoms with E-state index >= 15 is 0 Å². The second-order valence-electron chi connectivity index (χ2n) is 9.51. The molecule has 0 amide bonds. The Bertz CT molecular complexity index is 1390. The highest BCUT2D eigenvalue weighted by Crippen LogP contribution is 2.37. The molecule has 0 unspecified atom stereocenters. The zero-order valence-electron chi connectivity index (χ0n) is 21.9. The van der Waals surface area contributed by atoms with Gasteiger partial charge in [0, 0.05) is 24.1 Å². The Hall–Kier alpha value is -3.68. The molecule has 2 aromatic carbocycles. The summed E-state index contributed by atoms with van der Waals surface area (Å²) in [7, 11) is 0. The van der Waals surface area contributed by atoms with Gasteiger partial charge < -0.3 is 9.30 Å². The van der Waals surface area contributed by atoms with E-state index in [4.69, 9.17) is 14.7 Å². The number of aromatic nitrogens is 3. The zero-order chi connectivity index (χ0) is 27.3. The molecule has 0 aliphatic rings. The lowest BCUT2D eigenvalue weighted by molar-refractivity contribution is -0.144. The number of unbranched alkanes of at least 4 members (excludes halogenated alkanes) is 3. The van der Waals surface area contributed by atoms with E-state index in [0.29, 0.717) is 43.7 Å². The molecule has 0 aliphatic heterocycles. The van der Waals surface area contributed by atoms with Crippen LogP contribution in [0.25, 0.3) is 33.7 Å². The molecule has 0 N–H and O–H groups in total. The highest BCUT2D eigenvalue weighted by molar-refractivity contribution is 5.86. The van der Waals surface area contributed by atoms with Gasteiger partial charge in [-0.05, 0) is 39.7 Å². The topological polar surface area (TPSA) is 57.0 Å². The van der Waals surface area contributed by atoms with E-state index in [2.05, 4.69) is 0 Å². The summed E-state index contributed by atoms with van der Waals surface area (Å²) in [5, 5.41) is 0. The summed E-state index contributed by atoms with van der Waals surface area (Å²) < 4.78 is 48.4. The molecule has 8 heteroatoms. The fourth-order valence-corrected chi connectivity index (χ4v) is 4.47. The third-order valence-corrected chi connectivity index (χ3v) is 6.48. The lowest BCUT2D eigenvalue weighted by Crippen LogP contribution is -2.14. The molecular formula is C30H32F3N3O2. The Morgan fingerprint density at radius 2 is 1.39 bits per heavy atom. The summed E-state index contributed by atoms with van der Waals surface area (Å²) in [4.78, 5) is 21.0. The third kappa shape index (κ3) is 6.41. The summed E-state index contributed by atoms with van der Waals surface area (Å²) in [6.07, 6.45) is -1.62. The van der Waals surface area contributed by atoms with E-state index < -0.39 is 11.9 Å². The fraction of sp³-hybridized carbons (Fsp3) is 0.367. The van der Waals surface area contributed by atoms with Crippen LogP contribution in [0.15, 0.2) is 54.6 Å². The second kappa shape index (κ2) is 11.8. The molecule has 38 heavy (non-hydrogen) atoms. The highest BCUT2D eigenvalue weighted by atomic mass is 19.4. The van der Waals surface area contributed by atoms with Crippen molar-refractivity contribution in [3.8, 4) is 22.5 Å². The maximum absolute atomic E-state index is 14.1. The minimum Gasteiger partial charge on any atom is -0.466 e. The number of nitrogens with zero attached hydrogens (tertiary/aromatic N) is 3. The average Bonchev–Trinajstić information content (AvgIpc) is 3.24. The molecule has 0 saturated heterocycles. The number of hydrogen-bond acceptors (Lipinski definition) is 4. The summed E-state index contributed by atoms with van der Waals surface area (Å²) in [6, 6.07) is 16.6. The van der Waals surface area contributed by atoms with Crippen LogP contribution in [0.3, 0.4) is 0 Å². The SMILES string of the molecule is CCOC(=O)CCCCCCn1c(C(F)(F)F)cc2nc(-c3ccc(C)cc3)c(-c3ccc(C)cc3)nc21. The van der Waals surface area contributed by atoms with Gasteiger partial charge in [-0.25, -0.2) is 9.97 Å². The van der Waals surface area contributed by atoms with Crippen molar-refractivity contribution in [2.45, 2.75) is 65.6 Å². The van der Waals surface area contributed by atoms with Crippen molar-refractivity contribution in [1.29, 1.82) is 0 Å². The standard InChI is InChI=1S/C30H32F3N3O2/c1-4-38-26(37)9-7-5-6-8-18-36-25(30(31,32)33)19-24-29(36)35-28(23-16-12-21(3)13-17-23)27(34-24)22-14-10-20(2)11-15-22/h10-17,19H,4-9,18H2,1-3H3. The molecule has 4 aromatic rings. The fourth-order valence-electron chi connectivity index (χ4n) is 4.47. The molecular weight excluding hydrogens is 491 g/mol. The van der Waals surface area contributed by atoms with Crippen LogP contribution in [0.5, 0.6) is 0 Å². The second-order valence-corrected chi connectivity index (χ2v) is 9.51. The smallest absolute Gasteiger partial charge is 0.431 e. The van der Waals surface area contributed by atoms with Crippen LogP contribution in [-0.2, 0) is 22.3 Å². The van der Waals surface area contributed by atoms with E-state index in [1.165, 1.54) is 4.57 Å². The Morgan fingerprint density at radius 1 is 0.842 bits per heavy atom. The first-order valence-corrected chi connectivity index (χ1v) is 13.0. The van der Waals surface area contributed by atoms with Crippen LogP contribution < -0.4 is 0 Å². The molecule has 0 fully saturated rings. The molecule has 0 atom stereocenters. The van der Waals surface area contributed by atoms with Crippen molar-refractivity contribution in [2.75, 3.05) is 6.61 Å². The van der Waals surface area contributed by atoms with E-state index in [0.717, 1.165) is 34.7 Å². The number of fused-ring (bicyclic) bond motifs is 1. The Kier molecular flexibility index (Phi) is 8.49. The first-order valence-electron chi connectivity index (χ1n) is 13.0. The summed E-state index contributed by atoms with van der Waals surface area (Å²) in [6.45, 7) is 6.22. The molecule has 0 spiro atoms. The molecule has 2 aromatic heterocycles. The van der Waals surface area contributed by atoms with Gasteiger partial charge in [0.25, 0.3) is 0 Å². The monoisotopic (exact) mass is 523 g/mol. The van der Waals surface area contributed by atoms with E-state index in [-0.39, 0.29) is 23.7 Å². The van der Waals surface area contributed by atoms with Crippen LogP contribution in [0.1, 0.15) is 55.8 Å². The number of benzene rings is 2. The minimum absolute atomic E-state index is 0.156. The quantitative estimate of drug-likeness (QED) is 0.157. The Labute approximate surface area is 220 Å². The molecule has 0 radical (unpaired) electrons. The van der Waals surface area contributed by atoms with E-state index in [1.807, 2.05) is 62.4 Å². The summed E-state index contributed by atoms with van der Waals surface area (Å²) in [5.74, 6) is -0.244. The first-order chi connectivity index (χ1) is 18.2. The van der Waals surface area contributed by atoms with Crippen LogP contribution in [0, 0.1) is 13.8 Å². The van der Waals surface area contributed by atoms with Crippen molar-refractivity contribution in [1.82, 2.24) is 14.5 Å². The minimum atomic E-state index is -4.54. The van der Waals surface area contributed by atoms with Gasteiger partial charge in [0.15, 0.2) is 5.65 Å². The molecule has 2 heterocycles. The number of ether oxygens (including phenoxy) is 1. The van der Waals surface area contributed by atoms with Crippen molar-refractivity contribution in [2.24, 2.45) is 0 Å². The largest absolute Gasteiger partial charge is 0.466 e. The number of carbonyl (C=O) groups excluding carboxylic acids is 1. The van der Waals surface area contributed by atoms with Crippen LogP contribution >= 0.6 is 0 Å². The van der Waals surface area contributed by atoms with Gasteiger partial charge in [0.1, 0.15) is 11.2 Å². The van der Waals surface area contributed by atoms with Gasteiger partial charge in [0.2, 0.25) is 0 Å². The number of carbonyl (C=O) groups is 1. The number of esters is 1. The number of rotatable bonds is 10. The average molecular weight is 524 g/mol. The van der Waals surface area contributed by atoms with Gasteiger partial charge in [-0.3, -0.25) is 4.79 Å². The number of halogens is 3. The van der Waals surface area contributed by atoms with Crippen molar-refractivity contribution >= 4 is 17.1 Å². The molecule has 200 valence electrons. The first kappa shape index (κ1) is 27.4. The molecule has 0 saturated carbocycles. The van der Waals surface area contributed by atoms with E-state index in [9.17, 15) is 18.0 Å². The summed E-state index contributed by atoms with van der Waals surface area (Å²) in [5.41, 5.74) is 4.51.